The van der Waals surface area contributed by atoms with Crippen molar-refractivity contribution in [2.75, 3.05) is 23.8 Å². The number of anilines is 2. The number of amides is 3. The fraction of sp³-hybridized carbons (Fsp3) is 0.244. The molecule has 3 N–H and O–H groups in total. The van der Waals surface area contributed by atoms with Crippen LogP contribution in [0.25, 0.3) is 6.08 Å². The lowest BCUT2D eigenvalue weighted by molar-refractivity contribution is -0.116. The molecule has 9 nitrogen and oxygen atoms in total. The Bertz CT molecular complexity index is 2200. The molecular formula is C45H45N3O6S2. The number of carbonyl (C=O) groups excluding carboxylic acids is 4. The Hall–Kier alpha value is -5.65. The lowest BCUT2D eigenvalue weighted by Gasteiger charge is -2.23. The van der Waals surface area contributed by atoms with Gasteiger partial charge < -0.3 is 25.4 Å². The van der Waals surface area contributed by atoms with Crippen molar-refractivity contribution >= 4 is 63.6 Å². The zero-order valence-corrected chi connectivity index (χ0v) is 33.3. The van der Waals surface area contributed by atoms with Crippen molar-refractivity contribution < 1.29 is 28.7 Å². The minimum absolute atomic E-state index is 0.0287. The molecule has 4 aromatic carbocycles. The third-order valence-electron chi connectivity index (χ3n) is 9.33. The standard InChI is InChI=1S/C45H45N3O6S2/c1-4-38(43(51)48-44-40(45(52)54-6-3)35-25-24-31(27-39(35)56-44)29-16-9-7-10-17-29)55-34-22-15-21-33(28-34)46-42(50)36(47-41(49)30-18-11-8-12-19-30)26-32-20-13-14-23-37(32)53-5-2/h7-23,26,28,31,38H,4-6,24-25,27H2,1-3H3,(H,46,50)(H,47,49)(H,48,51)/b36-26+. The van der Waals surface area contributed by atoms with Gasteiger partial charge in [0.25, 0.3) is 11.8 Å². The van der Waals surface area contributed by atoms with Gasteiger partial charge in [-0.15, -0.1) is 23.1 Å². The molecule has 1 aliphatic carbocycles. The number of para-hydroxylation sites is 1. The molecule has 11 heteroatoms. The van der Waals surface area contributed by atoms with E-state index in [9.17, 15) is 19.2 Å². The van der Waals surface area contributed by atoms with Gasteiger partial charge in [0.2, 0.25) is 5.91 Å². The molecule has 1 heterocycles. The van der Waals surface area contributed by atoms with Gasteiger partial charge in [-0.05, 0) is 99.0 Å². The number of esters is 1. The maximum absolute atomic E-state index is 13.9. The lowest BCUT2D eigenvalue weighted by atomic mass is 9.83. The molecule has 6 rings (SSSR count). The molecule has 56 heavy (non-hydrogen) atoms. The third kappa shape index (κ3) is 9.96. The molecule has 0 saturated carbocycles. The summed E-state index contributed by atoms with van der Waals surface area (Å²) in [6.45, 7) is 6.26. The average molecular weight is 788 g/mol. The average Bonchev–Trinajstić information content (AvgIpc) is 3.58. The van der Waals surface area contributed by atoms with Gasteiger partial charge in [0.05, 0.1) is 24.0 Å². The van der Waals surface area contributed by atoms with Crippen LogP contribution >= 0.6 is 23.1 Å². The molecule has 0 aliphatic heterocycles. The van der Waals surface area contributed by atoms with Gasteiger partial charge in [0.15, 0.2) is 0 Å². The molecule has 5 aromatic rings. The Morgan fingerprint density at radius 1 is 0.857 bits per heavy atom. The Balaban J connectivity index is 1.19. The third-order valence-corrected chi connectivity index (χ3v) is 11.9. The van der Waals surface area contributed by atoms with E-state index in [0.29, 0.717) is 52.1 Å². The van der Waals surface area contributed by atoms with Crippen molar-refractivity contribution in [2.24, 2.45) is 0 Å². The Morgan fingerprint density at radius 3 is 2.32 bits per heavy atom. The maximum atomic E-state index is 13.9. The largest absolute Gasteiger partial charge is 0.493 e. The van der Waals surface area contributed by atoms with E-state index in [4.69, 9.17) is 9.47 Å². The summed E-state index contributed by atoms with van der Waals surface area (Å²) in [4.78, 5) is 56.1. The molecule has 1 aromatic heterocycles. The van der Waals surface area contributed by atoms with E-state index in [1.807, 2.05) is 62.4 Å². The van der Waals surface area contributed by atoms with E-state index in [-0.39, 0.29) is 18.2 Å². The highest BCUT2D eigenvalue weighted by Gasteiger charge is 2.32. The smallest absolute Gasteiger partial charge is 0.341 e. The van der Waals surface area contributed by atoms with Crippen molar-refractivity contribution in [3.63, 3.8) is 0 Å². The molecule has 0 spiro atoms. The number of carbonyl (C=O) groups is 4. The van der Waals surface area contributed by atoms with Crippen LogP contribution in [0.15, 0.2) is 120 Å². The van der Waals surface area contributed by atoms with Crippen molar-refractivity contribution in [3.05, 3.63) is 148 Å². The van der Waals surface area contributed by atoms with Crippen LogP contribution < -0.4 is 20.7 Å². The fourth-order valence-electron chi connectivity index (χ4n) is 6.61. The van der Waals surface area contributed by atoms with Gasteiger partial charge >= 0.3 is 5.97 Å². The summed E-state index contributed by atoms with van der Waals surface area (Å²) in [6, 6.07) is 33.6. The number of hydrogen-bond donors (Lipinski definition) is 3. The minimum atomic E-state index is -0.532. The van der Waals surface area contributed by atoms with Crippen LogP contribution in [0.5, 0.6) is 5.75 Å². The second-order valence-electron chi connectivity index (χ2n) is 13.1. The second kappa shape index (κ2) is 19.3. The molecule has 3 amide bonds. The van der Waals surface area contributed by atoms with E-state index in [0.717, 1.165) is 34.6 Å². The van der Waals surface area contributed by atoms with E-state index < -0.39 is 23.0 Å². The van der Waals surface area contributed by atoms with Gasteiger partial charge in [-0.2, -0.15) is 0 Å². The van der Waals surface area contributed by atoms with Gasteiger partial charge in [-0.3, -0.25) is 14.4 Å². The first-order valence-corrected chi connectivity index (χ1v) is 20.5. The summed E-state index contributed by atoms with van der Waals surface area (Å²) >= 11 is 2.83. The minimum Gasteiger partial charge on any atom is -0.493 e. The SMILES string of the molecule is CCOC(=O)c1c(NC(=O)C(CC)Sc2cccc(NC(=O)/C(=C\c3ccccc3OCC)NC(=O)c3ccccc3)c2)sc2c1CCC(c1ccccc1)C2. The number of benzene rings is 4. The Kier molecular flexibility index (Phi) is 13.8. The van der Waals surface area contributed by atoms with Crippen LogP contribution in [0, 0.1) is 0 Å². The zero-order chi connectivity index (χ0) is 39.4. The second-order valence-corrected chi connectivity index (χ2v) is 15.5. The van der Waals surface area contributed by atoms with Crippen molar-refractivity contribution in [2.45, 2.75) is 62.5 Å². The van der Waals surface area contributed by atoms with Gasteiger partial charge in [-0.1, -0.05) is 79.7 Å². The molecule has 1 aliphatic rings. The normalized spacial score (nSPS) is 14.2. The Morgan fingerprint density at radius 2 is 1.59 bits per heavy atom. The zero-order valence-electron chi connectivity index (χ0n) is 31.6. The fourth-order valence-corrected chi connectivity index (χ4v) is 8.94. The van der Waals surface area contributed by atoms with Crippen LogP contribution in [0.3, 0.4) is 0 Å². The first-order chi connectivity index (χ1) is 27.3. The molecule has 2 atom stereocenters. The number of thiophene rings is 1. The van der Waals surface area contributed by atoms with Crippen LogP contribution in [0.2, 0.25) is 0 Å². The highest BCUT2D eigenvalue weighted by atomic mass is 32.2. The first kappa shape index (κ1) is 40.0. The number of fused-ring (bicyclic) bond motifs is 1. The van der Waals surface area contributed by atoms with Crippen molar-refractivity contribution in [1.29, 1.82) is 0 Å². The summed E-state index contributed by atoms with van der Waals surface area (Å²) in [5, 5.41) is 8.82. The van der Waals surface area contributed by atoms with Crippen LogP contribution in [-0.2, 0) is 27.2 Å². The number of thioether (sulfide) groups is 1. The van der Waals surface area contributed by atoms with Crippen LogP contribution in [-0.4, -0.2) is 42.2 Å². The van der Waals surface area contributed by atoms with Gasteiger partial charge in [0, 0.05) is 26.6 Å². The first-order valence-electron chi connectivity index (χ1n) is 18.8. The quantitative estimate of drug-likeness (QED) is 0.0549. The van der Waals surface area contributed by atoms with E-state index in [1.165, 1.54) is 28.7 Å². The number of hydrogen-bond acceptors (Lipinski definition) is 8. The lowest BCUT2D eigenvalue weighted by Crippen LogP contribution is -2.30. The summed E-state index contributed by atoms with van der Waals surface area (Å²) < 4.78 is 11.2. The molecule has 0 radical (unpaired) electrons. The van der Waals surface area contributed by atoms with Gasteiger partial charge in [-0.25, -0.2) is 4.79 Å². The molecule has 0 bridgehead atoms. The van der Waals surface area contributed by atoms with Crippen LogP contribution in [0.1, 0.15) is 81.8 Å². The van der Waals surface area contributed by atoms with E-state index in [2.05, 4.69) is 28.1 Å². The highest BCUT2D eigenvalue weighted by molar-refractivity contribution is 8.00. The summed E-state index contributed by atoms with van der Waals surface area (Å²) in [5.74, 6) is -0.698. The predicted octanol–water partition coefficient (Wildman–Crippen LogP) is 9.51. The summed E-state index contributed by atoms with van der Waals surface area (Å²) in [6.07, 6.45) is 4.53. The molecule has 0 saturated heterocycles. The number of ether oxygens (including phenoxy) is 2. The van der Waals surface area contributed by atoms with E-state index >= 15 is 0 Å². The predicted molar refractivity (Wildman–Crippen MR) is 225 cm³/mol. The summed E-state index contributed by atoms with van der Waals surface area (Å²) in [5.41, 5.74) is 4.24. The molecule has 2 unspecified atom stereocenters. The molecule has 0 fully saturated rings. The number of nitrogens with one attached hydrogen (secondary N) is 3. The molecule has 288 valence electrons. The van der Waals surface area contributed by atoms with Gasteiger partial charge in [0.1, 0.15) is 16.4 Å². The van der Waals surface area contributed by atoms with Crippen molar-refractivity contribution in [3.8, 4) is 5.75 Å². The summed E-state index contributed by atoms with van der Waals surface area (Å²) in [7, 11) is 0. The molecular weight excluding hydrogens is 743 g/mol. The highest BCUT2D eigenvalue weighted by Crippen LogP contribution is 2.43. The topological polar surface area (TPSA) is 123 Å². The monoisotopic (exact) mass is 787 g/mol. The van der Waals surface area contributed by atoms with E-state index in [1.54, 1.807) is 61.5 Å². The Labute approximate surface area is 335 Å². The maximum Gasteiger partial charge on any atom is 0.341 e. The number of rotatable bonds is 15. The van der Waals surface area contributed by atoms with Crippen LogP contribution in [0.4, 0.5) is 10.7 Å². The van der Waals surface area contributed by atoms with Crippen molar-refractivity contribution in [1.82, 2.24) is 5.32 Å².